The summed E-state index contributed by atoms with van der Waals surface area (Å²) < 4.78 is 35.3. The van der Waals surface area contributed by atoms with E-state index in [9.17, 15) is 18.0 Å². The molecule has 1 atom stereocenters. The van der Waals surface area contributed by atoms with Crippen molar-refractivity contribution in [1.82, 2.24) is 38.5 Å². The highest BCUT2D eigenvalue weighted by Crippen LogP contribution is 2.37. The van der Waals surface area contributed by atoms with E-state index in [0.717, 1.165) is 18.4 Å². The molecular weight excluding hydrogens is 570 g/mol. The number of hydrogen-bond donors (Lipinski definition) is 1. The fourth-order valence-electron chi connectivity index (χ4n) is 5.95. The third-order valence-electron chi connectivity index (χ3n) is 8.60. The van der Waals surface area contributed by atoms with Crippen LogP contribution in [0.4, 0.5) is 10.5 Å². The number of rotatable bonds is 7. The van der Waals surface area contributed by atoms with Gasteiger partial charge >= 0.3 is 6.03 Å². The minimum absolute atomic E-state index is 0.0348. The molecule has 6 rings (SSSR count). The van der Waals surface area contributed by atoms with Gasteiger partial charge in [0.2, 0.25) is 10.0 Å². The number of aryl methyl sites for hydroxylation is 1. The van der Waals surface area contributed by atoms with E-state index >= 15 is 0 Å². The summed E-state index contributed by atoms with van der Waals surface area (Å²) in [5.41, 5.74) is 1.76. The van der Waals surface area contributed by atoms with Crippen molar-refractivity contribution in [1.29, 1.82) is 0 Å². The van der Waals surface area contributed by atoms with Gasteiger partial charge in [-0.05, 0) is 37.8 Å². The number of carbonyl (C=O) groups is 1. The molecule has 2 fully saturated rings. The highest BCUT2D eigenvalue weighted by atomic mass is 32.2. The van der Waals surface area contributed by atoms with Crippen molar-refractivity contribution in [3.8, 4) is 0 Å². The van der Waals surface area contributed by atoms with Crippen molar-refractivity contribution in [2.24, 2.45) is 13.0 Å². The summed E-state index contributed by atoms with van der Waals surface area (Å²) in [7, 11) is 1.36. The van der Waals surface area contributed by atoms with Crippen LogP contribution in [0.1, 0.15) is 39.2 Å². The molecule has 1 saturated heterocycles. The SMILES string of the molecule is CC(C)[C@@H]1CN(c2cc(S(=O)(=O)NC3(C)CC3)cc3c(=O)n(Cc4cnn(C)c4)c4ccnn4c23)CCN1C(=O)N(C)C. The third-order valence-corrected chi connectivity index (χ3v) is 10.2. The van der Waals surface area contributed by atoms with E-state index in [-0.39, 0.29) is 40.4 Å². The highest BCUT2D eigenvalue weighted by Gasteiger charge is 2.42. The molecule has 1 saturated carbocycles. The number of hydrogen-bond acceptors (Lipinski definition) is 7. The van der Waals surface area contributed by atoms with Crippen molar-refractivity contribution in [2.45, 2.75) is 56.6 Å². The molecule has 1 aliphatic carbocycles. The minimum atomic E-state index is -3.94. The van der Waals surface area contributed by atoms with Gasteiger partial charge in [0, 0.05) is 64.1 Å². The molecule has 1 aliphatic heterocycles. The number of urea groups is 1. The maximum Gasteiger partial charge on any atom is 0.319 e. The van der Waals surface area contributed by atoms with Gasteiger partial charge in [-0.1, -0.05) is 13.8 Å². The Labute approximate surface area is 250 Å². The molecule has 3 aromatic heterocycles. The second-order valence-corrected chi connectivity index (χ2v) is 14.3. The molecule has 0 radical (unpaired) electrons. The quantitative estimate of drug-likeness (QED) is 0.340. The Balaban J connectivity index is 1.55. The molecule has 0 bridgehead atoms. The van der Waals surface area contributed by atoms with Gasteiger partial charge in [0.25, 0.3) is 5.56 Å². The lowest BCUT2D eigenvalue weighted by atomic mass is 9.99. The molecule has 0 unspecified atom stereocenters. The first-order chi connectivity index (χ1) is 20.3. The van der Waals surface area contributed by atoms with Crippen LogP contribution in [-0.2, 0) is 23.6 Å². The van der Waals surface area contributed by atoms with Gasteiger partial charge < -0.3 is 14.7 Å². The third kappa shape index (κ3) is 5.26. The summed E-state index contributed by atoms with van der Waals surface area (Å²) in [5, 5.41) is 9.10. The summed E-state index contributed by atoms with van der Waals surface area (Å²) in [4.78, 5) is 32.9. The second kappa shape index (κ2) is 10.4. The van der Waals surface area contributed by atoms with Gasteiger partial charge in [0.05, 0.1) is 40.9 Å². The number of carbonyl (C=O) groups excluding carboxylic acids is 1. The monoisotopic (exact) mass is 609 g/mol. The molecule has 1 aromatic carbocycles. The Morgan fingerprint density at radius 1 is 1.19 bits per heavy atom. The van der Waals surface area contributed by atoms with Gasteiger partial charge in [-0.3, -0.25) is 14.0 Å². The van der Waals surface area contributed by atoms with E-state index in [1.807, 2.05) is 25.1 Å². The number of fused-ring (bicyclic) bond motifs is 3. The van der Waals surface area contributed by atoms with Crippen molar-refractivity contribution in [2.75, 3.05) is 38.6 Å². The molecule has 2 aliphatic rings. The van der Waals surface area contributed by atoms with E-state index in [1.165, 1.54) is 6.07 Å². The van der Waals surface area contributed by atoms with Crippen LogP contribution in [0.5, 0.6) is 0 Å². The lowest BCUT2D eigenvalue weighted by Gasteiger charge is -2.45. The Bertz CT molecular complexity index is 1880. The number of nitrogens with one attached hydrogen (secondary N) is 1. The van der Waals surface area contributed by atoms with Crippen LogP contribution in [0.15, 0.2) is 46.5 Å². The first kappa shape index (κ1) is 29.2. The molecule has 4 aromatic rings. The van der Waals surface area contributed by atoms with E-state index in [2.05, 4.69) is 33.7 Å². The van der Waals surface area contributed by atoms with E-state index in [1.54, 1.807) is 57.3 Å². The van der Waals surface area contributed by atoms with Gasteiger partial charge in [-0.2, -0.15) is 10.2 Å². The number of nitrogens with zero attached hydrogens (tertiary/aromatic N) is 8. The van der Waals surface area contributed by atoms with Crippen LogP contribution in [0.3, 0.4) is 0 Å². The molecule has 1 N–H and O–H groups in total. The fraction of sp³-hybridized carbons (Fsp3) is 0.517. The summed E-state index contributed by atoms with van der Waals surface area (Å²) >= 11 is 0. The number of benzene rings is 1. The van der Waals surface area contributed by atoms with Crippen molar-refractivity contribution >= 4 is 38.3 Å². The number of amides is 2. The van der Waals surface area contributed by atoms with E-state index < -0.39 is 15.6 Å². The summed E-state index contributed by atoms with van der Waals surface area (Å²) in [5.74, 6) is 0.141. The largest absolute Gasteiger partial charge is 0.366 e. The number of sulfonamides is 1. The maximum absolute atomic E-state index is 14.3. The second-order valence-electron chi connectivity index (χ2n) is 12.6. The molecule has 230 valence electrons. The zero-order chi connectivity index (χ0) is 30.8. The first-order valence-electron chi connectivity index (χ1n) is 14.6. The zero-order valence-electron chi connectivity index (χ0n) is 25.5. The Morgan fingerprint density at radius 3 is 2.56 bits per heavy atom. The van der Waals surface area contributed by atoms with Crippen LogP contribution in [-0.4, -0.2) is 93.5 Å². The normalized spacial score (nSPS) is 18.6. The number of aromatic nitrogens is 5. The van der Waals surface area contributed by atoms with Crippen LogP contribution < -0.4 is 15.2 Å². The van der Waals surface area contributed by atoms with E-state index in [0.29, 0.717) is 36.5 Å². The molecule has 13 nitrogen and oxygen atoms in total. The lowest BCUT2D eigenvalue weighted by molar-refractivity contribution is 0.124. The minimum Gasteiger partial charge on any atom is -0.366 e. The summed E-state index contributed by atoms with van der Waals surface area (Å²) in [6.45, 7) is 7.68. The molecular formula is C29H39N9O4S. The Hall–Kier alpha value is -3.91. The molecule has 2 amide bonds. The van der Waals surface area contributed by atoms with Crippen LogP contribution >= 0.6 is 0 Å². The fourth-order valence-corrected chi connectivity index (χ4v) is 7.46. The smallest absolute Gasteiger partial charge is 0.319 e. The topological polar surface area (TPSA) is 130 Å². The van der Waals surface area contributed by atoms with Crippen molar-refractivity contribution in [3.05, 3.63) is 52.7 Å². The maximum atomic E-state index is 14.3. The Kier molecular flexibility index (Phi) is 7.03. The van der Waals surface area contributed by atoms with Crippen LogP contribution in [0.2, 0.25) is 0 Å². The van der Waals surface area contributed by atoms with Gasteiger partial charge in [0.15, 0.2) is 0 Å². The number of piperazine rings is 1. The predicted octanol–water partition coefficient (Wildman–Crippen LogP) is 2.09. The zero-order valence-corrected chi connectivity index (χ0v) is 26.3. The van der Waals surface area contributed by atoms with Crippen molar-refractivity contribution in [3.63, 3.8) is 0 Å². The first-order valence-corrected chi connectivity index (χ1v) is 16.0. The van der Waals surface area contributed by atoms with Gasteiger partial charge in [-0.15, -0.1) is 0 Å². The predicted molar refractivity (Wildman–Crippen MR) is 164 cm³/mol. The average molecular weight is 610 g/mol. The molecule has 0 spiro atoms. The molecule has 14 heteroatoms. The molecule has 4 heterocycles. The van der Waals surface area contributed by atoms with Gasteiger partial charge in [-0.25, -0.2) is 22.4 Å². The number of anilines is 1. The van der Waals surface area contributed by atoms with Crippen LogP contribution in [0, 0.1) is 5.92 Å². The van der Waals surface area contributed by atoms with E-state index in [4.69, 9.17) is 0 Å². The lowest BCUT2D eigenvalue weighted by Crippen LogP contribution is -2.59. The Morgan fingerprint density at radius 2 is 1.93 bits per heavy atom. The summed E-state index contributed by atoms with van der Waals surface area (Å²) in [6.07, 6.45) is 6.71. The summed E-state index contributed by atoms with van der Waals surface area (Å²) in [6, 6.07) is 4.73. The van der Waals surface area contributed by atoms with Gasteiger partial charge in [0.1, 0.15) is 11.2 Å². The van der Waals surface area contributed by atoms with Crippen LogP contribution in [0.25, 0.3) is 16.6 Å². The standard InChI is InChI=1S/C29H39N9O4S/c1-19(2)24-18-35(11-12-36(24)28(40)33(4)5)23-14-21(43(41,42)32-29(3)8-9-29)13-22-26(23)38-25(7-10-30-38)37(27(22)39)17-20-15-31-34(6)16-20/h7,10,13-16,19,24,32H,8-9,11-12,17-18H2,1-6H3/t24-/m0/s1. The average Bonchev–Trinajstić information content (AvgIpc) is 3.30. The highest BCUT2D eigenvalue weighted by molar-refractivity contribution is 7.89. The molecule has 43 heavy (non-hydrogen) atoms. The van der Waals surface area contributed by atoms with Crippen molar-refractivity contribution < 1.29 is 13.2 Å².